The van der Waals surface area contributed by atoms with Crippen LogP contribution < -0.4 is 64.4 Å². The van der Waals surface area contributed by atoms with Crippen LogP contribution in [-0.2, 0) is 19.5 Å². The first-order valence-electron chi connectivity index (χ1n) is 5.81. The Kier molecular flexibility index (Phi) is 27.0. The summed E-state index contributed by atoms with van der Waals surface area (Å²) in [7, 11) is -2.09. The Balaban J connectivity index is -0.00000180. The van der Waals surface area contributed by atoms with Gasteiger partial charge in [-0.05, 0) is 7.05 Å². The van der Waals surface area contributed by atoms with Gasteiger partial charge in [0.15, 0.2) is 0 Å². The molecular weight excluding hydrogens is 392 g/mol. The van der Waals surface area contributed by atoms with Crippen LogP contribution in [0.15, 0.2) is 0 Å². The predicted octanol–water partition coefficient (Wildman–Crippen LogP) is -6.19. The van der Waals surface area contributed by atoms with Crippen molar-refractivity contribution in [2.24, 2.45) is 0 Å². The second kappa shape index (κ2) is 20.1. The molecule has 13 heteroatoms. The first-order valence-corrected chi connectivity index (χ1v) is 10.6. The summed E-state index contributed by atoms with van der Waals surface area (Å²) in [6, 6.07) is 0. The number of nitrogens with zero attached hydrogens (tertiary/aromatic N) is 1. The summed E-state index contributed by atoms with van der Waals surface area (Å²) in [6.45, 7) is 1.78. The molecule has 22 heavy (non-hydrogen) atoms. The van der Waals surface area contributed by atoms with Gasteiger partial charge < -0.3 is 14.7 Å². The molecule has 0 aromatic carbocycles. The fourth-order valence-corrected chi connectivity index (χ4v) is 4.49. The van der Waals surface area contributed by atoms with Gasteiger partial charge >= 0.3 is 59.1 Å². The maximum Gasteiger partial charge on any atom is 1.00 e. The minimum atomic E-state index is -4.08. The Hall–Kier alpha value is 2.80. The first-order chi connectivity index (χ1) is 9.45. The molecule has 0 unspecified atom stereocenters. The SMILES string of the molecule is CN(CCSCCSOO[O-])CCSCCS(=O)(=O)[O-].[Na+].[Na+]. The molecule has 0 spiro atoms. The molecule has 0 fully saturated rings. The van der Waals surface area contributed by atoms with Gasteiger partial charge in [-0.1, -0.05) is 0 Å². The molecule has 0 radical (unpaired) electrons. The van der Waals surface area contributed by atoms with Crippen molar-refractivity contribution in [3.8, 4) is 0 Å². The summed E-state index contributed by atoms with van der Waals surface area (Å²) in [5.74, 6) is 3.39. The quantitative estimate of drug-likeness (QED) is 0.0685. The fourth-order valence-electron chi connectivity index (χ4n) is 1.06. The van der Waals surface area contributed by atoms with Crippen molar-refractivity contribution >= 4 is 45.7 Å². The Bertz CT molecular complexity index is 325. The first kappa shape index (κ1) is 29.6. The Labute approximate surface area is 189 Å². The monoisotopic (exact) mass is 411 g/mol. The van der Waals surface area contributed by atoms with E-state index in [2.05, 4.69) is 14.3 Å². The Morgan fingerprint density at radius 3 is 2.05 bits per heavy atom. The molecule has 0 bridgehead atoms. The largest absolute Gasteiger partial charge is 1.00 e. The van der Waals surface area contributed by atoms with Gasteiger partial charge in [0.25, 0.3) is 0 Å². The van der Waals surface area contributed by atoms with Crippen LogP contribution in [0.1, 0.15) is 0 Å². The summed E-state index contributed by atoms with van der Waals surface area (Å²) in [5, 5.41) is 12.7. The van der Waals surface area contributed by atoms with Crippen molar-refractivity contribution in [1.82, 2.24) is 4.90 Å². The molecule has 0 saturated carbocycles. The van der Waals surface area contributed by atoms with Gasteiger partial charge in [0.2, 0.25) is 0 Å². The normalized spacial score (nSPS) is 11.1. The Morgan fingerprint density at radius 2 is 1.55 bits per heavy atom. The Morgan fingerprint density at radius 1 is 1.00 bits per heavy atom. The van der Waals surface area contributed by atoms with E-state index in [1.54, 1.807) is 11.8 Å². The fraction of sp³-hybridized carbons (Fsp3) is 1.00. The molecule has 7 nitrogen and oxygen atoms in total. The van der Waals surface area contributed by atoms with Gasteiger partial charge in [-0.15, -0.1) is 0 Å². The predicted molar refractivity (Wildman–Crippen MR) is 81.3 cm³/mol. The van der Waals surface area contributed by atoms with Crippen molar-refractivity contribution in [2.45, 2.75) is 0 Å². The van der Waals surface area contributed by atoms with Crippen molar-refractivity contribution in [2.75, 3.05) is 54.7 Å². The molecule has 0 aliphatic rings. The van der Waals surface area contributed by atoms with Crippen LogP contribution in [0.5, 0.6) is 0 Å². The van der Waals surface area contributed by atoms with E-state index in [0.29, 0.717) is 11.5 Å². The van der Waals surface area contributed by atoms with E-state index in [9.17, 15) is 18.2 Å². The summed E-state index contributed by atoms with van der Waals surface area (Å²) in [5.41, 5.74) is 0. The van der Waals surface area contributed by atoms with E-state index in [1.807, 2.05) is 7.05 Å². The molecule has 122 valence electrons. The van der Waals surface area contributed by atoms with Gasteiger partial charge in [0.1, 0.15) is 0 Å². The maximum atomic E-state index is 10.4. The van der Waals surface area contributed by atoms with Crippen LogP contribution >= 0.6 is 35.6 Å². The molecule has 0 rings (SSSR count). The molecule has 0 aliphatic carbocycles. The van der Waals surface area contributed by atoms with Crippen molar-refractivity contribution in [3.05, 3.63) is 0 Å². The second-order valence-corrected chi connectivity index (χ2v) is 8.50. The summed E-state index contributed by atoms with van der Waals surface area (Å²) in [4.78, 5) is 2.15. The topological polar surface area (TPSA) is 102 Å². The van der Waals surface area contributed by atoms with Gasteiger partial charge in [-0.3, -0.25) is 5.04 Å². The third-order valence-corrected chi connectivity index (χ3v) is 5.77. The van der Waals surface area contributed by atoms with E-state index in [0.717, 1.165) is 42.4 Å². The molecule has 0 atom stereocenters. The average molecular weight is 412 g/mol. The summed E-state index contributed by atoms with van der Waals surface area (Å²) in [6.07, 6.45) is 0. The third kappa shape index (κ3) is 25.0. The number of hydrogen-bond donors (Lipinski definition) is 0. The average Bonchev–Trinajstić information content (AvgIpc) is 2.36. The summed E-state index contributed by atoms with van der Waals surface area (Å²) < 4.78 is 35.3. The van der Waals surface area contributed by atoms with Gasteiger partial charge in [-0.25, -0.2) is 8.42 Å². The van der Waals surface area contributed by atoms with Crippen LogP contribution in [0.4, 0.5) is 0 Å². The zero-order valence-electron chi connectivity index (χ0n) is 13.2. The standard InChI is InChI=1S/C9H21NO6S4.2Na/c1-10(2-4-17-6-7-19-16-15-11)3-5-18-8-9-20(12,13)14;;/h11H,2-9H2,1H3,(H,12,13,14);;/q;2*+1/p-2. The zero-order chi connectivity index (χ0) is 15.3. The van der Waals surface area contributed by atoms with E-state index in [4.69, 9.17) is 0 Å². The molecular formula is C9H19NNa2O6S4. The molecule has 0 aromatic heterocycles. The van der Waals surface area contributed by atoms with Gasteiger partial charge in [0, 0.05) is 59.6 Å². The number of rotatable bonds is 14. The number of hydrogen-bond acceptors (Lipinski definition) is 10. The van der Waals surface area contributed by atoms with Gasteiger partial charge in [0.05, 0.1) is 10.1 Å². The molecule has 0 heterocycles. The zero-order valence-corrected chi connectivity index (χ0v) is 20.5. The molecule has 0 N–H and O–H groups in total. The maximum absolute atomic E-state index is 10.4. The van der Waals surface area contributed by atoms with E-state index >= 15 is 0 Å². The molecule has 0 aromatic rings. The van der Waals surface area contributed by atoms with Crippen molar-refractivity contribution in [1.29, 1.82) is 0 Å². The van der Waals surface area contributed by atoms with Gasteiger partial charge in [-0.2, -0.15) is 27.9 Å². The summed E-state index contributed by atoms with van der Waals surface area (Å²) >= 11 is 4.21. The minimum absolute atomic E-state index is 0. The van der Waals surface area contributed by atoms with Crippen LogP contribution in [0.3, 0.4) is 0 Å². The molecule has 0 aliphatic heterocycles. The van der Waals surface area contributed by atoms with Crippen LogP contribution in [-0.4, -0.2) is 72.5 Å². The van der Waals surface area contributed by atoms with Crippen LogP contribution in [0.2, 0.25) is 0 Å². The molecule has 0 saturated heterocycles. The third-order valence-electron chi connectivity index (χ3n) is 2.10. The second-order valence-electron chi connectivity index (χ2n) is 3.75. The van der Waals surface area contributed by atoms with Crippen LogP contribution in [0.25, 0.3) is 0 Å². The van der Waals surface area contributed by atoms with E-state index in [-0.39, 0.29) is 64.9 Å². The van der Waals surface area contributed by atoms with E-state index < -0.39 is 10.1 Å². The molecule has 0 amide bonds. The number of thioether (sulfide) groups is 2. The smallest absolute Gasteiger partial charge is 0.748 e. The van der Waals surface area contributed by atoms with Crippen LogP contribution in [0, 0.1) is 0 Å². The van der Waals surface area contributed by atoms with Crippen molar-refractivity contribution < 1.29 is 86.7 Å². The van der Waals surface area contributed by atoms with Crippen molar-refractivity contribution in [3.63, 3.8) is 0 Å². The minimum Gasteiger partial charge on any atom is -0.748 e. The van der Waals surface area contributed by atoms with E-state index in [1.165, 1.54) is 11.8 Å².